The van der Waals surface area contributed by atoms with E-state index in [0.29, 0.717) is 6.54 Å². The molecular formula is C11H11N2O2. The van der Waals surface area contributed by atoms with Crippen molar-refractivity contribution >= 4 is 11.8 Å². The monoisotopic (exact) mass is 203 g/mol. The van der Waals surface area contributed by atoms with Crippen LogP contribution >= 0.6 is 0 Å². The highest BCUT2D eigenvalue weighted by Crippen LogP contribution is 2.05. The second kappa shape index (κ2) is 4.23. The van der Waals surface area contributed by atoms with Gasteiger partial charge in [-0.3, -0.25) is 14.5 Å². The van der Waals surface area contributed by atoms with Gasteiger partial charge in [0, 0.05) is 6.54 Å². The van der Waals surface area contributed by atoms with Gasteiger partial charge in [-0.15, -0.1) is 0 Å². The molecule has 0 saturated carbocycles. The Bertz CT molecular complexity index is 359. The van der Waals surface area contributed by atoms with E-state index in [4.69, 9.17) is 0 Å². The van der Waals surface area contributed by atoms with Crippen LogP contribution in [0.4, 0.5) is 0 Å². The van der Waals surface area contributed by atoms with E-state index in [-0.39, 0.29) is 24.9 Å². The summed E-state index contributed by atoms with van der Waals surface area (Å²) in [5.41, 5.74) is 1.10. The molecule has 77 valence electrons. The van der Waals surface area contributed by atoms with Crippen molar-refractivity contribution in [3.63, 3.8) is 0 Å². The highest BCUT2D eigenvalue weighted by atomic mass is 16.2. The Morgan fingerprint density at radius 2 is 1.67 bits per heavy atom. The van der Waals surface area contributed by atoms with Crippen molar-refractivity contribution in [1.29, 1.82) is 0 Å². The first-order chi connectivity index (χ1) is 7.24. The van der Waals surface area contributed by atoms with Crippen molar-refractivity contribution < 1.29 is 9.59 Å². The maximum atomic E-state index is 11.0. The lowest BCUT2D eigenvalue weighted by molar-refractivity contribution is -0.136. The van der Waals surface area contributed by atoms with Crippen LogP contribution in [0, 0.1) is 0 Å². The highest BCUT2D eigenvalue weighted by Gasteiger charge is 2.23. The van der Waals surface area contributed by atoms with Gasteiger partial charge >= 0.3 is 0 Å². The molecule has 0 aromatic heterocycles. The van der Waals surface area contributed by atoms with Crippen LogP contribution in [0.25, 0.3) is 0 Å². The normalized spacial score (nSPS) is 17.6. The molecule has 1 aliphatic rings. The number of carbonyl (C=O) groups is 2. The Hall–Kier alpha value is -1.68. The standard InChI is InChI=1S/C11H11N2O2/c14-10-7-13(8-11(15)12-10)6-9-4-2-1-3-5-9/h1-5H,6-8H2. The molecule has 15 heavy (non-hydrogen) atoms. The van der Waals surface area contributed by atoms with E-state index in [1.54, 1.807) is 4.90 Å². The van der Waals surface area contributed by atoms with E-state index >= 15 is 0 Å². The molecule has 1 radical (unpaired) electrons. The summed E-state index contributed by atoms with van der Waals surface area (Å²) in [7, 11) is 0. The summed E-state index contributed by atoms with van der Waals surface area (Å²) in [6, 6.07) is 9.76. The fourth-order valence-electron chi connectivity index (χ4n) is 1.60. The number of imide groups is 1. The third kappa shape index (κ3) is 2.63. The van der Waals surface area contributed by atoms with Crippen molar-refractivity contribution in [2.75, 3.05) is 13.1 Å². The van der Waals surface area contributed by atoms with Crippen LogP contribution in [0.3, 0.4) is 0 Å². The number of hydrogen-bond donors (Lipinski definition) is 0. The summed E-state index contributed by atoms with van der Waals surface area (Å²) >= 11 is 0. The van der Waals surface area contributed by atoms with Crippen molar-refractivity contribution in [3.8, 4) is 0 Å². The summed E-state index contributed by atoms with van der Waals surface area (Å²) in [4.78, 5) is 23.9. The fraction of sp³-hybridized carbons (Fsp3) is 0.273. The molecule has 0 atom stereocenters. The lowest BCUT2D eigenvalue weighted by Crippen LogP contribution is -2.47. The van der Waals surface area contributed by atoms with Gasteiger partial charge in [-0.2, -0.15) is 5.32 Å². The van der Waals surface area contributed by atoms with Crippen LogP contribution in [-0.2, 0) is 16.1 Å². The minimum atomic E-state index is -0.345. The van der Waals surface area contributed by atoms with E-state index in [1.807, 2.05) is 30.3 Å². The van der Waals surface area contributed by atoms with Gasteiger partial charge in [0.2, 0.25) is 0 Å². The second-order valence-electron chi connectivity index (χ2n) is 3.53. The average Bonchev–Trinajstić information content (AvgIpc) is 2.17. The van der Waals surface area contributed by atoms with E-state index in [1.165, 1.54) is 0 Å². The van der Waals surface area contributed by atoms with Gasteiger partial charge in [-0.25, -0.2) is 0 Å². The average molecular weight is 203 g/mol. The molecule has 0 N–H and O–H groups in total. The minimum absolute atomic E-state index is 0.237. The van der Waals surface area contributed by atoms with Crippen molar-refractivity contribution in [2.24, 2.45) is 0 Å². The Labute approximate surface area is 87.9 Å². The van der Waals surface area contributed by atoms with Gasteiger partial charge in [0.05, 0.1) is 13.1 Å². The lowest BCUT2D eigenvalue weighted by Gasteiger charge is -2.23. The number of hydrogen-bond acceptors (Lipinski definition) is 3. The zero-order valence-electron chi connectivity index (χ0n) is 8.22. The molecule has 1 saturated heterocycles. The minimum Gasteiger partial charge on any atom is -0.281 e. The van der Waals surface area contributed by atoms with E-state index in [2.05, 4.69) is 5.32 Å². The molecule has 0 aliphatic carbocycles. The molecule has 1 aliphatic heterocycles. The predicted octanol–water partition coefficient (Wildman–Crippen LogP) is 0.160. The number of benzene rings is 1. The van der Waals surface area contributed by atoms with E-state index in [0.717, 1.165) is 5.56 Å². The first-order valence-electron chi connectivity index (χ1n) is 4.78. The zero-order valence-corrected chi connectivity index (χ0v) is 8.22. The highest BCUT2D eigenvalue weighted by molar-refractivity contribution is 5.98. The summed E-state index contributed by atoms with van der Waals surface area (Å²) in [6.07, 6.45) is 0. The van der Waals surface area contributed by atoms with Gasteiger partial charge in [0.25, 0.3) is 11.8 Å². The predicted molar refractivity (Wildman–Crippen MR) is 53.9 cm³/mol. The molecule has 2 amide bonds. The SMILES string of the molecule is O=C1CN(Cc2ccccc2)CC(=O)[N]1. The van der Waals surface area contributed by atoms with Crippen LogP contribution in [0.15, 0.2) is 30.3 Å². The van der Waals surface area contributed by atoms with Crippen molar-refractivity contribution in [2.45, 2.75) is 6.54 Å². The quantitative estimate of drug-likeness (QED) is 0.643. The topological polar surface area (TPSA) is 51.5 Å². The molecule has 2 rings (SSSR count). The summed E-state index contributed by atoms with van der Waals surface area (Å²) in [6.45, 7) is 1.09. The smallest absolute Gasteiger partial charge is 0.263 e. The van der Waals surface area contributed by atoms with Gasteiger partial charge in [0.15, 0.2) is 0 Å². The van der Waals surface area contributed by atoms with Gasteiger partial charge in [-0.05, 0) is 5.56 Å². The largest absolute Gasteiger partial charge is 0.281 e. The maximum Gasteiger partial charge on any atom is 0.263 e. The number of rotatable bonds is 2. The molecule has 4 heteroatoms. The van der Waals surface area contributed by atoms with E-state index < -0.39 is 0 Å². The molecule has 1 aromatic carbocycles. The first kappa shape index (κ1) is 9.86. The fourth-order valence-corrected chi connectivity index (χ4v) is 1.60. The molecule has 1 heterocycles. The molecule has 1 fully saturated rings. The second-order valence-corrected chi connectivity index (χ2v) is 3.53. The van der Waals surface area contributed by atoms with Crippen molar-refractivity contribution in [1.82, 2.24) is 10.2 Å². The maximum absolute atomic E-state index is 11.0. The number of piperazine rings is 1. The van der Waals surface area contributed by atoms with Gasteiger partial charge in [-0.1, -0.05) is 30.3 Å². The van der Waals surface area contributed by atoms with Gasteiger partial charge < -0.3 is 0 Å². The summed E-state index contributed by atoms with van der Waals surface area (Å²) in [5.74, 6) is -0.690. The Morgan fingerprint density at radius 1 is 1.07 bits per heavy atom. The Balaban J connectivity index is 2.00. The molecule has 1 aromatic rings. The molecule has 4 nitrogen and oxygen atoms in total. The number of nitrogens with zero attached hydrogens (tertiary/aromatic N) is 2. The lowest BCUT2D eigenvalue weighted by atomic mass is 10.2. The molecule has 0 bridgehead atoms. The van der Waals surface area contributed by atoms with Crippen molar-refractivity contribution in [3.05, 3.63) is 35.9 Å². The third-order valence-corrected chi connectivity index (χ3v) is 2.22. The zero-order chi connectivity index (χ0) is 10.7. The number of carbonyl (C=O) groups excluding carboxylic acids is 2. The van der Waals surface area contributed by atoms with Gasteiger partial charge in [0.1, 0.15) is 0 Å². The Morgan fingerprint density at radius 3 is 2.27 bits per heavy atom. The van der Waals surface area contributed by atoms with Crippen LogP contribution in [0.1, 0.15) is 5.56 Å². The van der Waals surface area contributed by atoms with Crippen LogP contribution in [-0.4, -0.2) is 29.8 Å². The molecule has 0 spiro atoms. The third-order valence-electron chi connectivity index (χ3n) is 2.22. The van der Waals surface area contributed by atoms with E-state index in [9.17, 15) is 9.59 Å². The summed E-state index contributed by atoms with van der Waals surface area (Å²) < 4.78 is 0. The molecular weight excluding hydrogens is 192 g/mol. The first-order valence-corrected chi connectivity index (χ1v) is 4.78. The number of amides is 2. The van der Waals surface area contributed by atoms with Crippen LogP contribution in [0.5, 0.6) is 0 Å². The molecule has 0 unspecified atom stereocenters. The van der Waals surface area contributed by atoms with Crippen LogP contribution < -0.4 is 5.32 Å². The van der Waals surface area contributed by atoms with Crippen LogP contribution in [0.2, 0.25) is 0 Å². The summed E-state index contributed by atoms with van der Waals surface area (Å²) in [5, 5.41) is 3.36. The Kier molecular flexibility index (Phi) is 2.78.